The smallest absolute Gasteiger partial charge is 0.274 e. The zero-order valence-electron chi connectivity index (χ0n) is 15.1. The van der Waals surface area contributed by atoms with Crippen molar-refractivity contribution in [2.24, 2.45) is 11.8 Å². The maximum atomic E-state index is 12.7. The summed E-state index contributed by atoms with van der Waals surface area (Å²) in [5.74, 6) is 0.480. The van der Waals surface area contributed by atoms with E-state index in [0.29, 0.717) is 18.8 Å². The van der Waals surface area contributed by atoms with Gasteiger partial charge in [0.05, 0.1) is 18.0 Å². The van der Waals surface area contributed by atoms with E-state index in [1.54, 1.807) is 31.4 Å². The van der Waals surface area contributed by atoms with Gasteiger partial charge in [-0.05, 0) is 19.8 Å². The van der Waals surface area contributed by atoms with Gasteiger partial charge in [-0.25, -0.2) is 4.98 Å². The molecule has 3 atom stereocenters. The van der Waals surface area contributed by atoms with E-state index >= 15 is 0 Å². The zero-order valence-corrected chi connectivity index (χ0v) is 15.1. The van der Waals surface area contributed by atoms with E-state index in [4.69, 9.17) is 4.74 Å². The quantitative estimate of drug-likeness (QED) is 0.817. The van der Waals surface area contributed by atoms with Crippen molar-refractivity contribution in [3.8, 4) is 0 Å². The molecule has 0 aromatic carbocycles. The average molecular weight is 346 g/mol. The summed E-state index contributed by atoms with van der Waals surface area (Å²) >= 11 is 0. The summed E-state index contributed by atoms with van der Waals surface area (Å²) < 4.78 is 5.97. The fourth-order valence-corrected chi connectivity index (χ4v) is 3.79. The number of hydrogen-bond donors (Lipinski definition) is 0. The average Bonchev–Trinajstić information content (AvgIpc) is 2.58. The van der Waals surface area contributed by atoms with Gasteiger partial charge in [0, 0.05) is 45.2 Å². The highest BCUT2D eigenvalue weighted by Gasteiger charge is 2.42. The lowest BCUT2D eigenvalue weighted by Gasteiger charge is -2.46. The van der Waals surface area contributed by atoms with Crippen LogP contribution in [0, 0.1) is 18.8 Å². The maximum absolute atomic E-state index is 12.7. The van der Waals surface area contributed by atoms with Crippen LogP contribution in [0.5, 0.6) is 0 Å². The minimum absolute atomic E-state index is 0.0218. The van der Waals surface area contributed by atoms with E-state index in [0.717, 1.165) is 25.0 Å². The van der Waals surface area contributed by atoms with Gasteiger partial charge in [-0.15, -0.1) is 0 Å². The third kappa shape index (κ3) is 3.98. The molecule has 1 aliphatic heterocycles. The lowest BCUT2D eigenvalue weighted by molar-refractivity contribution is -0.143. The highest BCUT2D eigenvalue weighted by Crippen LogP contribution is 2.37. The lowest BCUT2D eigenvalue weighted by Crippen LogP contribution is -2.54. The molecule has 1 saturated carbocycles. The molecular formula is C18H26N4O3. The second-order valence-electron chi connectivity index (χ2n) is 7.27. The van der Waals surface area contributed by atoms with Crippen LogP contribution in [-0.2, 0) is 9.53 Å². The molecule has 2 fully saturated rings. The van der Waals surface area contributed by atoms with Crippen LogP contribution in [0.15, 0.2) is 12.4 Å². The Hall–Kier alpha value is -2.02. The first-order valence-electron chi connectivity index (χ1n) is 8.85. The van der Waals surface area contributed by atoms with Crippen LogP contribution in [0.25, 0.3) is 0 Å². The summed E-state index contributed by atoms with van der Waals surface area (Å²) in [4.78, 5) is 36.3. The minimum atomic E-state index is -0.0628. The largest absolute Gasteiger partial charge is 0.368 e. The van der Waals surface area contributed by atoms with Crippen molar-refractivity contribution in [1.29, 1.82) is 0 Å². The van der Waals surface area contributed by atoms with Gasteiger partial charge in [-0.1, -0.05) is 6.42 Å². The Kier molecular flexibility index (Phi) is 5.32. The van der Waals surface area contributed by atoms with E-state index < -0.39 is 0 Å². The molecule has 1 unspecified atom stereocenters. The number of aryl methyl sites for hydroxylation is 1. The predicted octanol–water partition coefficient (Wildman–Crippen LogP) is 1.13. The Morgan fingerprint density at radius 1 is 1.20 bits per heavy atom. The van der Waals surface area contributed by atoms with Gasteiger partial charge in [0.25, 0.3) is 5.91 Å². The Bertz CT molecular complexity index is 618. The number of rotatable bonds is 4. The first kappa shape index (κ1) is 17.8. The molecule has 1 aliphatic carbocycles. The molecule has 3 rings (SSSR count). The summed E-state index contributed by atoms with van der Waals surface area (Å²) in [6, 6.07) is 0. The van der Waals surface area contributed by atoms with Gasteiger partial charge in [0.15, 0.2) is 0 Å². The molecule has 7 nitrogen and oxygen atoms in total. The molecule has 0 spiro atoms. The number of amides is 2. The van der Waals surface area contributed by atoms with Crippen LogP contribution >= 0.6 is 0 Å². The van der Waals surface area contributed by atoms with Crippen molar-refractivity contribution < 1.29 is 14.3 Å². The number of piperidine rings is 1. The monoisotopic (exact) mass is 346 g/mol. The van der Waals surface area contributed by atoms with Gasteiger partial charge in [0.1, 0.15) is 12.3 Å². The topological polar surface area (TPSA) is 75.6 Å². The second-order valence-corrected chi connectivity index (χ2v) is 7.27. The standard InChI is InChI=1S/C18H26N4O3/c1-12-7-20-15(8-19-12)18(24)22-9-13-5-4-6-14(10-22)17(13)25-11-16(23)21(2)3/h7-8,13-14,17H,4-6,9-11H2,1-3H3/t13-,14+,17?. The van der Waals surface area contributed by atoms with E-state index in [-0.39, 0.29) is 36.4 Å². The second kappa shape index (κ2) is 7.47. The third-order valence-electron chi connectivity index (χ3n) is 5.17. The summed E-state index contributed by atoms with van der Waals surface area (Å²) in [6.45, 7) is 3.28. The summed E-state index contributed by atoms with van der Waals surface area (Å²) in [7, 11) is 3.47. The number of nitrogens with zero attached hydrogens (tertiary/aromatic N) is 4. The van der Waals surface area contributed by atoms with Crippen molar-refractivity contribution in [3.63, 3.8) is 0 Å². The zero-order chi connectivity index (χ0) is 18.0. The van der Waals surface area contributed by atoms with E-state index in [1.807, 2.05) is 11.8 Å². The van der Waals surface area contributed by atoms with Gasteiger partial charge in [0.2, 0.25) is 5.91 Å². The Balaban J connectivity index is 1.65. The highest BCUT2D eigenvalue weighted by atomic mass is 16.5. The Morgan fingerprint density at radius 3 is 2.44 bits per heavy atom. The van der Waals surface area contributed by atoms with Gasteiger partial charge in [-0.2, -0.15) is 0 Å². The van der Waals surface area contributed by atoms with Crippen molar-refractivity contribution in [2.75, 3.05) is 33.8 Å². The molecule has 1 saturated heterocycles. The molecule has 2 heterocycles. The first-order valence-corrected chi connectivity index (χ1v) is 8.85. The maximum Gasteiger partial charge on any atom is 0.274 e. The summed E-state index contributed by atoms with van der Waals surface area (Å²) in [6.07, 6.45) is 6.44. The Labute approximate surface area is 148 Å². The SMILES string of the molecule is Cc1cnc(C(=O)N2C[C@H]3CCC[C@@H](C2)C3OCC(=O)N(C)C)cn1. The first-order chi connectivity index (χ1) is 12.0. The summed E-state index contributed by atoms with van der Waals surface area (Å²) in [5.41, 5.74) is 1.19. The molecule has 7 heteroatoms. The van der Waals surface area contributed by atoms with Gasteiger partial charge >= 0.3 is 0 Å². The lowest BCUT2D eigenvalue weighted by atomic mass is 9.75. The molecule has 25 heavy (non-hydrogen) atoms. The number of aromatic nitrogens is 2. The van der Waals surface area contributed by atoms with Crippen molar-refractivity contribution >= 4 is 11.8 Å². The number of ether oxygens (including phenoxy) is 1. The van der Waals surface area contributed by atoms with Crippen molar-refractivity contribution in [2.45, 2.75) is 32.3 Å². The fraction of sp³-hybridized carbons (Fsp3) is 0.667. The van der Waals surface area contributed by atoms with Crippen molar-refractivity contribution in [1.82, 2.24) is 19.8 Å². The minimum Gasteiger partial charge on any atom is -0.368 e. The van der Waals surface area contributed by atoms with Crippen molar-refractivity contribution in [3.05, 3.63) is 23.8 Å². The number of fused-ring (bicyclic) bond motifs is 2. The van der Waals surface area contributed by atoms with Crippen LogP contribution in [0.1, 0.15) is 35.4 Å². The van der Waals surface area contributed by atoms with E-state index in [1.165, 1.54) is 0 Å². The predicted molar refractivity (Wildman–Crippen MR) is 91.9 cm³/mol. The van der Waals surface area contributed by atoms with Crippen LogP contribution in [0.4, 0.5) is 0 Å². The number of carbonyl (C=O) groups excluding carboxylic acids is 2. The van der Waals surface area contributed by atoms with Crippen LogP contribution in [0.2, 0.25) is 0 Å². The normalized spacial score (nSPS) is 25.6. The van der Waals surface area contributed by atoms with Crippen LogP contribution in [-0.4, -0.2) is 71.5 Å². The third-order valence-corrected chi connectivity index (χ3v) is 5.17. The number of likely N-dealkylation sites (N-methyl/N-ethyl adjacent to an activating group) is 1. The summed E-state index contributed by atoms with van der Waals surface area (Å²) in [5, 5.41) is 0. The highest BCUT2D eigenvalue weighted by molar-refractivity contribution is 5.92. The van der Waals surface area contributed by atoms with Gasteiger partial charge < -0.3 is 14.5 Å². The molecule has 136 valence electrons. The molecule has 0 radical (unpaired) electrons. The fourth-order valence-electron chi connectivity index (χ4n) is 3.79. The molecule has 2 amide bonds. The van der Waals surface area contributed by atoms with Crippen LogP contribution in [0.3, 0.4) is 0 Å². The number of likely N-dealkylation sites (tertiary alicyclic amines) is 1. The van der Waals surface area contributed by atoms with E-state index in [9.17, 15) is 9.59 Å². The molecule has 2 bridgehead atoms. The van der Waals surface area contributed by atoms with Gasteiger partial charge in [-0.3, -0.25) is 14.6 Å². The Morgan fingerprint density at radius 2 is 1.88 bits per heavy atom. The molecule has 1 aromatic rings. The molecule has 2 aliphatic rings. The van der Waals surface area contributed by atoms with E-state index in [2.05, 4.69) is 9.97 Å². The molecule has 0 N–H and O–H groups in total. The molecular weight excluding hydrogens is 320 g/mol. The van der Waals surface area contributed by atoms with Crippen LogP contribution < -0.4 is 0 Å². The molecule has 1 aromatic heterocycles. The number of carbonyl (C=O) groups is 2. The number of hydrogen-bond acceptors (Lipinski definition) is 5.